The van der Waals surface area contributed by atoms with Gasteiger partial charge < -0.3 is 0 Å². The van der Waals surface area contributed by atoms with E-state index < -0.39 is 0 Å². The zero-order valence-electron chi connectivity index (χ0n) is 11.3. The van der Waals surface area contributed by atoms with Crippen molar-refractivity contribution in [1.82, 2.24) is 9.55 Å². The molecule has 19 heavy (non-hydrogen) atoms. The molecule has 0 amide bonds. The van der Waals surface area contributed by atoms with Crippen LogP contribution in [0.1, 0.15) is 63.1 Å². The van der Waals surface area contributed by atoms with Crippen molar-refractivity contribution in [2.45, 2.75) is 63.8 Å². The van der Waals surface area contributed by atoms with E-state index in [-0.39, 0.29) is 5.56 Å². The smallest absolute Gasteiger partial charge is 0.254 e. The molecule has 0 aromatic carbocycles. The third-order valence-corrected chi connectivity index (χ3v) is 4.63. The first-order valence-electron chi connectivity index (χ1n) is 7.51. The molecule has 0 unspecified atom stereocenters. The first-order chi connectivity index (χ1) is 9.24. The number of rotatable bonds is 4. The number of hydrogen-bond donors (Lipinski definition) is 0. The average molecular weight is 281 g/mol. The van der Waals surface area contributed by atoms with Gasteiger partial charge in [0.1, 0.15) is 11.0 Å². The van der Waals surface area contributed by atoms with Crippen LogP contribution < -0.4 is 5.56 Å². The molecule has 2 fully saturated rings. The first-order valence-corrected chi connectivity index (χ1v) is 7.89. The van der Waals surface area contributed by atoms with E-state index in [2.05, 4.69) is 4.98 Å². The topological polar surface area (TPSA) is 34.9 Å². The predicted octanol–water partition coefficient (Wildman–Crippen LogP) is 3.74. The molecule has 0 saturated heterocycles. The van der Waals surface area contributed by atoms with Crippen molar-refractivity contribution >= 4 is 11.6 Å². The van der Waals surface area contributed by atoms with Crippen LogP contribution in [-0.4, -0.2) is 9.55 Å². The Morgan fingerprint density at radius 1 is 1.21 bits per heavy atom. The van der Waals surface area contributed by atoms with Gasteiger partial charge in [0.05, 0.1) is 0 Å². The minimum Gasteiger partial charge on any atom is -0.296 e. The minimum absolute atomic E-state index is 0.0257. The highest BCUT2D eigenvalue weighted by atomic mass is 35.5. The van der Waals surface area contributed by atoms with Crippen molar-refractivity contribution in [3.63, 3.8) is 0 Å². The van der Waals surface area contributed by atoms with Crippen molar-refractivity contribution < 1.29 is 0 Å². The maximum Gasteiger partial charge on any atom is 0.254 e. The highest BCUT2D eigenvalue weighted by Crippen LogP contribution is 2.39. The molecule has 3 rings (SSSR count). The Balaban J connectivity index is 1.74. The quantitative estimate of drug-likeness (QED) is 0.788. The zero-order chi connectivity index (χ0) is 13.2. The second-order valence-electron chi connectivity index (χ2n) is 5.99. The molecule has 2 aliphatic rings. The summed E-state index contributed by atoms with van der Waals surface area (Å²) in [6.45, 7) is 0.819. The first kappa shape index (κ1) is 13.2. The largest absolute Gasteiger partial charge is 0.296 e. The number of halogens is 1. The van der Waals surface area contributed by atoms with Gasteiger partial charge in [-0.1, -0.05) is 43.7 Å². The fourth-order valence-electron chi connectivity index (χ4n) is 3.16. The SMILES string of the molecule is O=c1cc(Cl)nc(C2CC2)n1CCC1CCCCC1. The Bertz CT molecular complexity index is 501. The summed E-state index contributed by atoms with van der Waals surface area (Å²) in [6, 6.07) is 1.45. The molecule has 4 heteroatoms. The Morgan fingerprint density at radius 2 is 1.95 bits per heavy atom. The molecule has 1 aromatic rings. The molecule has 2 saturated carbocycles. The molecule has 0 atom stereocenters. The van der Waals surface area contributed by atoms with Gasteiger partial charge in [-0.15, -0.1) is 0 Å². The monoisotopic (exact) mass is 280 g/mol. The summed E-state index contributed by atoms with van der Waals surface area (Å²) in [5.74, 6) is 2.19. The van der Waals surface area contributed by atoms with Crippen molar-refractivity contribution in [2.24, 2.45) is 5.92 Å². The van der Waals surface area contributed by atoms with E-state index in [1.54, 1.807) is 0 Å². The lowest BCUT2D eigenvalue weighted by Gasteiger charge is -2.22. The zero-order valence-corrected chi connectivity index (χ0v) is 12.0. The molecule has 104 valence electrons. The van der Waals surface area contributed by atoms with Crippen LogP contribution in [0.25, 0.3) is 0 Å². The van der Waals surface area contributed by atoms with Crippen LogP contribution in [0.15, 0.2) is 10.9 Å². The van der Waals surface area contributed by atoms with Gasteiger partial charge in [0.25, 0.3) is 5.56 Å². The Hall–Kier alpha value is -0.830. The summed E-state index contributed by atoms with van der Waals surface area (Å²) in [4.78, 5) is 16.5. The fraction of sp³-hybridized carbons (Fsp3) is 0.733. The normalized spacial score (nSPS) is 20.7. The molecule has 0 N–H and O–H groups in total. The van der Waals surface area contributed by atoms with Gasteiger partial charge in [0, 0.05) is 18.5 Å². The maximum atomic E-state index is 12.1. The summed E-state index contributed by atoms with van der Waals surface area (Å²) in [5.41, 5.74) is 0.0257. The number of aromatic nitrogens is 2. The lowest BCUT2D eigenvalue weighted by molar-refractivity contribution is 0.320. The number of nitrogens with zero attached hydrogens (tertiary/aromatic N) is 2. The van der Waals surface area contributed by atoms with Gasteiger partial charge in [-0.2, -0.15) is 0 Å². The molecular formula is C15H21ClN2O. The third-order valence-electron chi connectivity index (χ3n) is 4.43. The average Bonchev–Trinajstić information content (AvgIpc) is 3.22. The van der Waals surface area contributed by atoms with Crippen molar-refractivity contribution in [3.8, 4) is 0 Å². The van der Waals surface area contributed by atoms with Crippen LogP contribution in [0.5, 0.6) is 0 Å². The van der Waals surface area contributed by atoms with Crippen LogP contribution in [0.4, 0.5) is 0 Å². The van der Waals surface area contributed by atoms with Crippen molar-refractivity contribution in [3.05, 3.63) is 27.4 Å². The van der Waals surface area contributed by atoms with Crippen LogP contribution in [-0.2, 0) is 6.54 Å². The van der Waals surface area contributed by atoms with E-state index in [0.717, 1.165) is 37.5 Å². The van der Waals surface area contributed by atoms with Gasteiger partial charge in [-0.3, -0.25) is 9.36 Å². The van der Waals surface area contributed by atoms with Crippen LogP contribution in [0.3, 0.4) is 0 Å². The molecule has 0 aliphatic heterocycles. The molecule has 0 radical (unpaired) electrons. The summed E-state index contributed by atoms with van der Waals surface area (Å²) >= 11 is 5.92. The highest BCUT2D eigenvalue weighted by molar-refractivity contribution is 6.29. The van der Waals surface area contributed by atoms with E-state index in [0.29, 0.717) is 11.1 Å². The Morgan fingerprint density at radius 3 is 2.63 bits per heavy atom. The van der Waals surface area contributed by atoms with Gasteiger partial charge in [0.15, 0.2) is 0 Å². The second kappa shape index (κ2) is 5.66. The molecular weight excluding hydrogens is 260 g/mol. The van der Waals surface area contributed by atoms with Crippen LogP contribution in [0, 0.1) is 5.92 Å². The van der Waals surface area contributed by atoms with Crippen molar-refractivity contribution in [1.29, 1.82) is 0 Å². The lowest BCUT2D eigenvalue weighted by Crippen LogP contribution is -2.25. The predicted molar refractivity (Wildman–Crippen MR) is 76.7 cm³/mol. The third kappa shape index (κ3) is 3.19. The van der Waals surface area contributed by atoms with Gasteiger partial charge in [-0.05, 0) is 25.2 Å². The maximum absolute atomic E-state index is 12.1. The minimum atomic E-state index is 0.0257. The highest BCUT2D eigenvalue weighted by Gasteiger charge is 2.29. The standard InChI is InChI=1S/C15H21ClN2O/c16-13-10-14(19)18(15(17-13)12-6-7-12)9-8-11-4-2-1-3-5-11/h10-12H,1-9H2. The van der Waals surface area contributed by atoms with Gasteiger partial charge in [0.2, 0.25) is 0 Å². The second-order valence-corrected chi connectivity index (χ2v) is 6.38. The molecule has 1 heterocycles. The van der Waals surface area contributed by atoms with Crippen LogP contribution >= 0.6 is 11.6 Å². The molecule has 0 bridgehead atoms. The fourth-order valence-corrected chi connectivity index (χ4v) is 3.34. The van der Waals surface area contributed by atoms with E-state index in [1.807, 2.05) is 4.57 Å². The summed E-state index contributed by atoms with van der Waals surface area (Å²) in [5, 5.41) is 0.348. The Labute approximate surface area is 119 Å². The summed E-state index contributed by atoms with van der Waals surface area (Å²) in [7, 11) is 0. The van der Waals surface area contributed by atoms with E-state index in [4.69, 9.17) is 11.6 Å². The molecule has 2 aliphatic carbocycles. The van der Waals surface area contributed by atoms with Crippen molar-refractivity contribution in [2.75, 3.05) is 0 Å². The van der Waals surface area contributed by atoms with E-state index >= 15 is 0 Å². The molecule has 0 spiro atoms. The van der Waals surface area contributed by atoms with E-state index in [1.165, 1.54) is 38.2 Å². The van der Waals surface area contributed by atoms with Crippen LogP contribution in [0.2, 0.25) is 5.15 Å². The Kier molecular flexibility index (Phi) is 3.92. The summed E-state index contributed by atoms with van der Waals surface area (Å²) < 4.78 is 1.87. The van der Waals surface area contributed by atoms with Gasteiger partial charge >= 0.3 is 0 Å². The molecule has 3 nitrogen and oxygen atoms in total. The molecule has 1 aromatic heterocycles. The van der Waals surface area contributed by atoms with E-state index in [9.17, 15) is 4.79 Å². The number of hydrogen-bond acceptors (Lipinski definition) is 2. The summed E-state index contributed by atoms with van der Waals surface area (Å²) in [6.07, 6.45) is 10.2. The van der Waals surface area contributed by atoms with Gasteiger partial charge in [-0.25, -0.2) is 4.98 Å². The lowest BCUT2D eigenvalue weighted by atomic mass is 9.87.